The van der Waals surface area contributed by atoms with Gasteiger partial charge in [-0.25, -0.2) is 9.78 Å². The summed E-state index contributed by atoms with van der Waals surface area (Å²) in [6, 6.07) is 3.38. The van der Waals surface area contributed by atoms with Crippen LogP contribution >= 0.6 is 11.8 Å². The van der Waals surface area contributed by atoms with Gasteiger partial charge < -0.3 is 15.2 Å². The van der Waals surface area contributed by atoms with Gasteiger partial charge in [-0.2, -0.15) is 0 Å². The average molecular weight is 270 g/mol. The first kappa shape index (κ1) is 14.5. The first-order valence-electron chi connectivity index (χ1n) is 5.22. The minimum atomic E-state index is -1.03. The number of carbonyl (C=O) groups is 2. The van der Waals surface area contributed by atoms with Crippen molar-refractivity contribution in [1.82, 2.24) is 10.3 Å². The second-order valence-electron chi connectivity index (χ2n) is 3.26. The van der Waals surface area contributed by atoms with Gasteiger partial charge in [0.05, 0.1) is 12.2 Å². The van der Waals surface area contributed by atoms with E-state index in [1.54, 1.807) is 18.3 Å². The van der Waals surface area contributed by atoms with E-state index in [9.17, 15) is 9.59 Å². The van der Waals surface area contributed by atoms with Crippen molar-refractivity contribution in [3.05, 3.63) is 23.9 Å². The van der Waals surface area contributed by atoms with Crippen LogP contribution in [0.4, 0.5) is 0 Å². The molecule has 0 saturated heterocycles. The molecule has 1 aromatic rings. The number of aromatic nitrogens is 1. The van der Waals surface area contributed by atoms with Gasteiger partial charge in [0.15, 0.2) is 0 Å². The second-order valence-corrected chi connectivity index (χ2v) is 4.06. The molecule has 1 heterocycles. The van der Waals surface area contributed by atoms with Crippen LogP contribution in [0.5, 0.6) is 0 Å². The SMILES string of the molecule is CSc1ncccc1C(=O)NCCOCC(=O)O. The van der Waals surface area contributed by atoms with Crippen molar-refractivity contribution >= 4 is 23.6 Å². The number of carbonyl (C=O) groups excluding carboxylic acids is 1. The molecule has 0 aliphatic rings. The lowest BCUT2D eigenvalue weighted by molar-refractivity contribution is -0.142. The van der Waals surface area contributed by atoms with Crippen molar-refractivity contribution in [2.45, 2.75) is 5.03 Å². The first-order valence-corrected chi connectivity index (χ1v) is 6.44. The molecule has 0 aromatic carbocycles. The zero-order valence-corrected chi connectivity index (χ0v) is 10.7. The normalized spacial score (nSPS) is 10.1. The van der Waals surface area contributed by atoms with Crippen LogP contribution in [-0.4, -0.2) is 48.0 Å². The number of ether oxygens (including phenoxy) is 1. The molecule has 2 N–H and O–H groups in total. The molecule has 7 heteroatoms. The molecule has 1 amide bonds. The Labute approximate surface area is 109 Å². The summed E-state index contributed by atoms with van der Waals surface area (Å²) in [6.45, 7) is 0.0561. The van der Waals surface area contributed by atoms with Crippen LogP contribution in [0.15, 0.2) is 23.4 Å². The monoisotopic (exact) mass is 270 g/mol. The number of hydrogen-bond donors (Lipinski definition) is 2. The van der Waals surface area contributed by atoms with Gasteiger partial charge in [-0.15, -0.1) is 11.8 Å². The van der Waals surface area contributed by atoms with Gasteiger partial charge >= 0.3 is 5.97 Å². The summed E-state index contributed by atoms with van der Waals surface area (Å²) in [4.78, 5) is 26.0. The predicted octanol–water partition coefficient (Wildman–Crippen LogP) is 0.635. The van der Waals surface area contributed by atoms with Crippen LogP contribution in [0.1, 0.15) is 10.4 Å². The zero-order chi connectivity index (χ0) is 13.4. The predicted molar refractivity (Wildman–Crippen MR) is 66.8 cm³/mol. The van der Waals surface area contributed by atoms with Crippen molar-refractivity contribution in [3.8, 4) is 0 Å². The summed E-state index contributed by atoms with van der Waals surface area (Å²) < 4.78 is 4.80. The van der Waals surface area contributed by atoms with E-state index in [1.807, 2.05) is 6.26 Å². The van der Waals surface area contributed by atoms with Crippen LogP contribution in [0.25, 0.3) is 0 Å². The third kappa shape index (κ3) is 4.72. The Morgan fingerprint density at radius 2 is 2.33 bits per heavy atom. The van der Waals surface area contributed by atoms with Crippen LogP contribution in [0, 0.1) is 0 Å². The summed E-state index contributed by atoms with van der Waals surface area (Å²) in [5, 5.41) is 11.6. The Balaban J connectivity index is 2.38. The first-order chi connectivity index (χ1) is 8.65. The molecule has 98 valence electrons. The highest BCUT2D eigenvalue weighted by molar-refractivity contribution is 7.98. The number of hydrogen-bond acceptors (Lipinski definition) is 5. The number of thioether (sulfide) groups is 1. The molecule has 0 radical (unpaired) electrons. The molecule has 1 aromatic heterocycles. The van der Waals surface area contributed by atoms with Crippen molar-refractivity contribution in [1.29, 1.82) is 0 Å². The van der Waals surface area contributed by atoms with Crippen molar-refractivity contribution < 1.29 is 19.4 Å². The lowest BCUT2D eigenvalue weighted by atomic mass is 10.2. The van der Waals surface area contributed by atoms with Gasteiger partial charge in [-0.05, 0) is 18.4 Å². The fourth-order valence-corrected chi connectivity index (χ4v) is 1.76. The fourth-order valence-electron chi connectivity index (χ4n) is 1.22. The summed E-state index contributed by atoms with van der Waals surface area (Å²) in [7, 11) is 0. The molecule has 0 aliphatic heterocycles. The molecule has 0 fully saturated rings. The topological polar surface area (TPSA) is 88.5 Å². The number of aliphatic carboxylic acids is 1. The van der Waals surface area contributed by atoms with Crippen LogP contribution in [0.3, 0.4) is 0 Å². The number of carboxylic acid groups (broad SMARTS) is 1. The molecule has 0 unspecified atom stereocenters. The highest BCUT2D eigenvalue weighted by Gasteiger charge is 2.10. The van der Waals surface area contributed by atoms with Crippen molar-refractivity contribution in [2.24, 2.45) is 0 Å². The van der Waals surface area contributed by atoms with Crippen molar-refractivity contribution in [2.75, 3.05) is 26.0 Å². The maximum Gasteiger partial charge on any atom is 0.329 e. The number of nitrogens with one attached hydrogen (secondary N) is 1. The second kappa shape index (κ2) is 7.67. The number of rotatable bonds is 7. The molecule has 1 rings (SSSR count). The minimum Gasteiger partial charge on any atom is -0.480 e. The molecular formula is C11H14N2O4S. The number of nitrogens with zero attached hydrogens (tertiary/aromatic N) is 1. The number of amides is 1. The molecule has 0 spiro atoms. The molecule has 18 heavy (non-hydrogen) atoms. The van der Waals surface area contributed by atoms with Crippen LogP contribution in [-0.2, 0) is 9.53 Å². The Hall–Kier alpha value is -1.60. The van der Waals surface area contributed by atoms with E-state index in [0.29, 0.717) is 10.6 Å². The summed E-state index contributed by atoms with van der Waals surface area (Å²) in [5.41, 5.74) is 0.503. The average Bonchev–Trinajstić information content (AvgIpc) is 2.37. The van der Waals surface area contributed by atoms with Gasteiger partial charge in [-0.3, -0.25) is 4.79 Å². The van der Waals surface area contributed by atoms with Gasteiger partial charge in [0.25, 0.3) is 5.91 Å². The molecule has 0 saturated carbocycles. The van der Waals surface area contributed by atoms with E-state index < -0.39 is 5.97 Å². The molecule has 6 nitrogen and oxygen atoms in total. The van der Waals surface area contributed by atoms with E-state index in [1.165, 1.54) is 11.8 Å². The lowest BCUT2D eigenvalue weighted by Gasteiger charge is -2.07. The molecule has 0 bridgehead atoms. The van der Waals surface area contributed by atoms with E-state index in [0.717, 1.165) is 0 Å². The van der Waals surface area contributed by atoms with Gasteiger partial charge in [0, 0.05) is 12.7 Å². The van der Waals surface area contributed by atoms with E-state index in [-0.39, 0.29) is 25.7 Å². The van der Waals surface area contributed by atoms with Crippen LogP contribution < -0.4 is 5.32 Å². The minimum absolute atomic E-state index is 0.160. The van der Waals surface area contributed by atoms with E-state index in [4.69, 9.17) is 9.84 Å². The maximum atomic E-state index is 11.8. The third-order valence-electron chi connectivity index (χ3n) is 1.97. The Kier molecular flexibility index (Phi) is 6.16. The number of pyridine rings is 1. The lowest BCUT2D eigenvalue weighted by Crippen LogP contribution is -2.28. The molecular weight excluding hydrogens is 256 g/mol. The maximum absolute atomic E-state index is 11.8. The van der Waals surface area contributed by atoms with Gasteiger partial charge in [0.2, 0.25) is 0 Å². The molecule has 0 aliphatic carbocycles. The van der Waals surface area contributed by atoms with E-state index in [2.05, 4.69) is 10.3 Å². The largest absolute Gasteiger partial charge is 0.480 e. The third-order valence-corrected chi connectivity index (χ3v) is 2.68. The highest BCUT2D eigenvalue weighted by atomic mass is 32.2. The summed E-state index contributed by atoms with van der Waals surface area (Å²) >= 11 is 1.39. The van der Waals surface area contributed by atoms with Gasteiger partial charge in [-0.1, -0.05) is 0 Å². The molecule has 0 atom stereocenters. The van der Waals surface area contributed by atoms with Crippen LogP contribution in [0.2, 0.25) is 0 Å². The fraction of sp³-hybridized carbons (Fsp3) is 0.364. The van der Waals surface area contributed by atoms with Crippen molar-refractivity contribution in [3.63, 3.8) is 0 Å². The number of carboxylic acids is 1. The summed E-state index contributed by atoms with van der Waals surface area (Å²) in [5.74, 6) is -1.27. The smallest absolute Gasteiger partial charge is 0.329 e. The van der Waals surface area contributed by atoms with Gasteiger partial charge in [0.1, 0.15) is 11.6 Å². The standard InChI is InChI=1S/C11H14N2O4S/c1-18-11-8(3-2-4-13-11)10(16)12-5-6-17-7-9(14)15/h2-4H,5-7H2,1H3,(H,12,16)(H,14,15). The highest BCUT2D eigenvalue weighted by Crippen LogP contribution is 2.16. The quantitative estimate of drug-likeness (QED) is 0.558. The Morgan fingerprint density at radius 3 is 3.00 bits per heavy atom. The summed E-state index contributed by atoms with van der Waals surface area (Å²) in [6.07, 6.45) is 3.47. The Bertz CT molecular complexity index is 425. The Morgan fingerprint density at radius 1 is 1.56 bits per heavy atom. The zero-order valence-electron chi connectivity index (χ0n) is 9.88. The van der Waals surface area contributed by atoms with E-state index >= 15 is 0 Å².